The van der Waals surface area contributed by atoms with Crippen molar-refractivity contribution in [3.05, 3.63) is 45.9 Å². The molecule has 0 aliphatic rings. The minimum atomic E-state index is -4.49. The van der Waals surface area contributed by atoms with E-state index in [9.17, 15) is 13.2 Å². The Morgan fingerprint density at radius 1 is 1.00 bits per heavy atom. The molecule has 0 aromatic carbocycles. The summed E-state index contributed by atoms with van der Waals surface area (Å²) in [6, 6.07) is 6.61. The molecule has 0 saturated carbocycles. The number of pyridine rings is 2. The van der Waals surface area contributed by atoms with E-state index < -0.39 is 11.7 Å². The van der Waals surface area contributed by atoms with Crippen LogP contribution >= 0.6 is 0 Å². The molecule has 3 heterocycles. The summed E-state index contributed by atoms with van der Waals surface area (Å²) >= 11 is -0.214. The fourth-order valence-electron chi connectivity index (χ4n) is 2.30. The number of nitrogens with zero attached hydrogens (tertiary/aromatic N) is 5. The second kappa shape index (κ2) is 8.84. The third-order valence-corrected chi connectivity index (χ3v) is 5.22. The van der Waals surface area contributed by atoms with Crippen LogP contribution in [0.3, 0.4) is 0 Å². The summed E-state index contributed by atoms with van der Waals surface area (Å²) < 4.78 is 39.8. The average Bonchev–Trinajstić information content (AvgIpc) is 2.67. The van der Waals surface area contributed by atoms with Crippen LogP contribution in [0, 0.1) is 3.70 Å². The molecule has 0 radical (unpaired) electrons. The number of alkyl halides is 4. The third kappa shape index (κ3) is 5.71. The molecule has 0 bridgehead atoms. The second-order valence-corrected chi connectivity index (χ2v) is 8.41. The Hall–Kier alpha value is -2.57. The maximum atomic E-state index is 12.9. The fourth-order valence-corrected chi connectivity index (χ4v) is 3.37. The molecule has 154 valence electrons. The molecule has 0 saturated heterocycles. The molecule has 3 rings (SSSR count). The average molecular weight is 516 g/mol. The van der Waals surface area contributed by atoms with Gasteiger partial charge in [-0.2, -0.15) is 0 Å². The van der Waals surface area contributed by atoms with Gasteiger partial charge >= 0.3 is 176 Å². The number of hydrogen-bond donors (Lipinski definition) is 2. The van der Waals surface area contributed by atoms with Gasteiger partial charge in [-0.25, -0.2) is 0 Å². The van der Waals surface area contributed by atoms with Gasteiger partial charge in [-0.15, -0.1) is 0 Å². The van der Waals surface area contributed by atoms with E-state index in [-0.39, 0.29) is 38.9 Å². The first-order valence-corrected chi connectivity index (χ1v) is 11.8. The van der Waals surface area contributed by atoms with Crippen molar-refractivity contribution < 1.29 is 34.4 Å². The zero-order chi connectivity index (χ0) is 21.0. The van der Waals surface area contributed by atoms with Gasteiger partial charge in [-0.05, 0) is 0 Å². The number of nitrogens with one attached hydrogen (secondary N) is 2. The van der Waals surface area contributed by atoms with Crippen LogP contribution in [0.1, 0.15) is 19.4 Å². The van der Waals surface area contributed by atoms with Gasteiger partial charge in [0.1, 0.15) is 0 Å². The molecular formula is C18H18F3IN7-. The molecule has 3 aromatic heterocycles. The van der Waals surface area contributed by atoms with Gasteiger partial charge < -0.3 is 0 Å². The Labute approximate surface area is 175 Å². The first-order chi connectivity index (χ1) is 13.7. The normalized spacial score (nSPS) is 11.7. The summed E-state index contributed by atoms with van der Waals surface area (Å²) in [5.74, 6) is 0.716. The van der Waals surface area contributed by atoms with Gasteiger partial charge in [-0.3, -0.25) is 0 Å². The van der Waals surface area contributed by atoms with Crippen molar-refractivity contribution in [3.63, 3.8) is 0 Å². The number of anilines is 3. The van der Waals surface area contributed by atoms with Crippen LogP contribution in [-0.2, 0) is 6.18 Å². The Kier molecular flexibility index (Phi) is 6.45. The van der Waals surface area contributed by atoms with E-state index in [0.717, 1.165) is 16.0 Å². The van der Waals surface area contributed by atoms with E-state index in [2.05, 4.69) is 40.5 Å². The van der Waals surface area contributed by atoms with Gasteiger partial charge in [0.2, 0.25) is 0 Å². The number of halogens is 4. The van der Waals surface area contributed by atoms with Crippen LogP contribution in [0.5, 0.6) is 0 Å². The molecule has 0 fully saturated rings. The zero-order valence-corrected chi connectivity index (χ0v) is 17.9. The Morgan fingerprint density at radius 2 is 1.76 bits per heavy atom. The summed E-state index contributed by atoms with van der Waals surface area (Å²) in [6.07, 6.45) is -2.46. The van der Waals surface area contributed by atoms with Crippen molar-refractivity contribution in [1.29, 1.82) is 0 Å². The predicted molar refractivity (Wildman–Crippen MR) is 99.0 cm³/mol. The number of hydrogen-bond acceptors (Lipinski definition) is 7. The molecule has 3 aromatic rings. The van der Waals surface area contributed by atoms with Gasteiger partial charge in [0.25, 0.3) is 0 Å². The van der Waals surface area contributed by atoms with Crippen LogP contribution in [0.4, 0.5) is 30.8 Å². The summed E-state index contributed by atoms with van der Waals surface area (Å²) in [5, 5.41) is 5.87. The maximum absolute atomic E-state index is 12.9. The third-order valence-electron chi connectivity index (χ3n) is 3.51. The van der Waals surface area contributed by atoms with Crippen molar-refractivity contribution in [2.45, 2.75) is 26.1 Å². The molecule has 0 unspecified atom stereocenters. The Balaban J connectivity index is 1.99. The first-order valence-electron chi connectivity index (χ1n) is 8.53. The van der Waals surface area contributed by atoms with Crippen LogP contribution < -0.4 is 31.8 Å². The van der Waals surface area contributed by atoms with Crippen LogP contribution in [0.15, 0.2) is 36.7 Å². The van der Waals surface area contributed by atoms with Gasteiger partial charge in [0.15, 0.2) is 0 Å². The van der Waals surface area contributed by atoms with E-state index in [1.54, 1.807) is 6.07 Å². The number of aromatic nitrogens is 5. The minimum absolute atomic E-state index is 0.0501. The predicted octanol–water partition coefficient (Wildman–Crippen LogP) is 0.800. The summed E-state index contributed by atoms with van der Waals surface area (Å²) in [4.78, 5) is 23.3. The number of rotatable bonds is 6. The molecule has 0 aliphatic heterocycles. The summed E-state index contributed by atoms with van der Waals surface area (Å²) in [5.41, 5.74) is -0.171. The van der Waals surface area contributed by atoms with E-state index >= 15 is 0 Å². The quantitative estimate of drug-likeness (QED) is 0.285. The van der Waals surface area contributed by atoms with Crippen molar-refractivity contribution >= 4 is 17.6 Å². The van der Waals surface area contributed by atoms with Crippen molar-refractivity contribution in [2.24, 2.45) is 0 Å². The SMILES string of the molecule is C[I-]c1cccc(-c2nc(Nc3cncc(C(F)(F)F)c3)nc(NC(C)C)n2)n1. The summed E-state index contributed by atoms with van der Waals surface area (Å²) in [6.45, 7) is 3.85. The van der Waals surface area contributed by atoms with E-state index in [1.807, 2.05) is 26.0 Å². The van der Waals surface area contributed by atoms with E-state index in [0.29, 0.717) is 17.5 Å². The second-order valence-electron chi connectivity index (χ2n) is 6.22. The molecule has 11 heteroatoms. The molecule has 0 aliphatic carbocycles. The Bertz CT molecular complexity index is 995. The molecule has 29 heavy (non-hydrogen) atoms. The molecular weight excluding hydrogens is 498 g/mol. The van der Waals surface area contributed by atoms with Crippen LogP contribution in [-0.4, -0.2) is 35.9 Å². The standard InChI is InChI=1S/C18H18F3IN7/c1-10(2)24-16-27-15(13-5-4-6-14(22-3)26-13)28-17(29-16)25-12-7-11(8-23-9-12)18(19,20)21/h4-10H,1-3H3,(H2,24,25,27,28,29)/q-1. The molecule has 0 atom stereocenters. The van der Waals surface area contributed by atoms with Crippen molar-refractivity contribution in [2.75, 3.05) is 15.6 Å². The zero-order valence-electron chi connectivity index (χ0n) is 15.8. The van der Waals surface area contributed by atoms with Gasteiger partial charge in [-0.1, -0.05) is 0 Å². The Morgan fingerprint density at radius 3 is 2.45 bits per heavy atom. The van der Waals surface area contributed by atoms with Gasteiger partial charge in [0, 0.05) is 0 Å². The fraction of sp³-hybridized carbons (Fsp3) is 0.278. The topological polar surface area (TPSA) is 88.5 Å². The van der Waals surface area contributed by atoms with Crippen molar-refractivity contribution in [1.82, 2.24) is 24.9 Å². The van der Waals surface area contributed by atoms with Gasteiger partial charge in [0.05, 0.1) is 0 Å². The first kappa shape index (κ1) is 21.1. The molecule has 2 N–H and O–H groups in total. The summed E-state index contributed by atoms with van der Waals surface area (Å²) in [7, 11) is 0. The molecule has 0 spiro atoms. The van der Waals surface area contributed by atoms with Crippen LogP contribution in [0.2, 0.25) is 0 Å². The van der Waals surface area contributed by atoms with E-state index in [1.165, 1.54) is 6.20 Å². The molecule has 7 nitrogen and oxygen atoms in total. The molecule has 0 amide bonds. The van der Waals surface area contributed by atoms with E-state index in [4.69, 9.17) is 0 Å². The van der Waals surface area contributed by atoms with Crippen molar-refractivity contribution in [3.8, 4) is 11.5 Å². The monoisotopic (exact) mass is 516 g/mol. The van der Waals surface area contributed by atoms with Crippen LogP contribution in [0.25, 0.3) is 11.5 Å².